The Balaban J connectivity index is 2.51. The normalized spacial score (nSPS) is 11.5. The third kappa shape index (κ3) is 4.15. The van der Waals surface area contributed by atoms with E-state index in [0.29, 0.717) is 0 Å². The van der Waals surface area contributed by atoms with Gasteiger partial charge in [-0.3, -0.25) is 4.99 Å². The average molecular weight is 204 g/mol. The lowest BCUT2D eigenvalue weighted by Gasteiger charge is -2.15. The quantitative estimate of drug-likeness (QED) is 0.543. The lowest BCUT2D eigenvalue weighted by molar-refractivity contribution is 0.598. The molecule has 0 bridgehead atoms. The molecule has 2 nitrogen and oxygen atoms in total. The predicted molar refractivity (Wildman–Crippen MR) is 66.4 cm³/mol. The predicted octanol–water partition coefficient (Wildman–Crippen LogP) is 2.60. The Hall–Kier alpha value is -1.31. The Labute approximate surface area is 92.6 Å². The Morgan fingerprint density at radius 2 is 1.87 bits per heavy atom. The molecule has 1 aromatic carbocycles. The molecule has 0 atom stereocenters. The number of hydrogen-bond donors (Lipinski definition) is 0. The fourth-order valence-electron chi connectivity index (χ4n) is 1.53. The van der Waals surface area contributed by atoms with Gasteiger partial charge in [0.15, 0.2) is 0 Å². The summed E-state index contributed by atoms with van der Waals surface area (Å²) in [5, 5.41) is 0. The lowest BCUT2D eigenvalue weighted by atomic mass is 10.1. The summed E-state index contributed by atoms with van der Waals surface area (Å²) >= 11 is 0. The number of benzene rings is 1. The molecule has 0 unspecified atom stereocenters. The van der Waals surface area contributed by atoms with Gasteiger partial charge in [0.1, 0.15) is 0 Å². The van der Waals surface area contributed by atoms with Gasteiger partial charge in [0.05, 0.1) is 5.84 Å². The van der Waals surface area contributed by atoms with Crippen LogP contribution in [0.4, 0.5) is 0 Å². The largest absolute Gasteiger partial charge is 0.366 e. The molecule has 0 fully saturated rings. The zero-order valence-electron chi connectivity index (χ0n) is 9.90. The maximum atomic E-state index is 4.48. The molecule has 0 aliphatic carbocycles. The van der Waals surface area contributed by atoms with E-state index in [9.17, 15) is 0 Å². The number of aliphatic imine (C=N–C) groups is 1. The van der Waals surface area contributed by atoms with E-state index in [1.54, 1.807) is 0 Å². The molecular weight excluding hydrogens is 184 g/mol. The van der Waals surface area contributed by atoms with E-state index >= 15 is 0 Å². The zero-order valence-corrected chi connectivity index (χ0v) is 9.90. The molecule has 0 N–H and O–H groups in total. The molecule has 0 spiro atoms. The van der Waals surface area contributed by atoms with Gasteiger partial charge in [-0.05, 0) is 18.9 Å². The fraction of sp³-hybridized carbons (Fsp3) is 0.462. The molecule has 0 aliphatic rings. The summed E-state index contributed by atoms with van der Waals surface area (Å²) in [5.74, 6) is 1.18. The van der Waals surface area contributed by atoms with Gasteiger partial charge in [0.2, 0.25) is 0 Å². The number of nitrogens with zero attached hydrogens (tertiary/aromatic N) is 2. The molecule has 0 saturated heterocycles. The fourth-order valence-corrected chi connectivity index (χ4v) is 1.53. The summed E-state index contributed by atoms with van der Waals surface area (Å²) in [6.45, 7) is 2.94. The van der Waals surface area contributed by atoms with Crippen molar-refractivity contribution < 1.29 is 0 Å². The summed E-state index contributed by atoms with van der Waals surface area (Å²) in [7, 11) is 4.11. The number of aryl methyl sites for hydroxylation is 1. The topological polar surface area (TPSA) is 15.6 Å². The first-order valence-corrected chi connectivity index (χ1v) is 5.48. The molecule has 1 rings (SSSR count). The van der Waals surface area contributed by atoms with Crippen molar-refractivity contribution in [1.29, 1.82) is 0 Å². The van der Waals surface area contributed by atoms with Crippen LogP contribution in [0.3, 0.4) is 0 Å². The minimum atomic E-state index is 0.863. The van der Waals surface area contributed by atoms with E-state index in [1.165, 1.54) is 11.4 Å². The van der Waals surface area contributed by atoms with Crippen LogP contribution in [0.2, 0.25) is 0 Å². The van der Waals surface area contributed by atoms with Crippen LogP contribution in [0.25, 0.3) is 0 Å². The Morgan fingerprint density at radius 1 is 1.20 bits per heavy atom. The molecule has 0 aliphatic heterocycles. The first-order chi connectivity index (χ1) is 7.24. The third-order valence-corrected chi connectivity index (χ3v) is 2.34. The lowest BCUT2D eigenvalue weighted by Crippen LogP contribution is -2.22. The second kappa shape index (κ2) is 6.23. The van der Waals surface area contributed by atoms with E-state index < -0.39 is 0 Å². The van der Waals surface area contributed by atoms with Gasteiger partial charge >= 0.3 is 0 Å². The van der Waals surface area contributed by atoms with Gasteiger partial charge in [-0.15, -0.1) is 0 Å². The molecule has 0 amide bonds. The number of hydrogen-bond acceptors (Lipinski definition) is 1. The standard InChI is InChI=1S/C13H20N2/c1-4-14-13(15(2)3)11-10-12-8-6-5-7-9-12/h5-9H,4,10-11H2,1-3H3. The summed E-state index contributed by atoms with van der Waals surface area (Å²) < 4.78 is 0. The van der Waals surface area contributed by atoms with Crippen LogP contribution in [-0.2, 0) is 6.42 Å². The Kier molecular flexibility index (Phi) is 4.88. The van der Waals surface area contributed by atoms with Crippen molar-refractivity contribution in [2.45, 2.75) is 19.8 Å². The van der Waals surface area contributed by atoms with Crippen LogP contribution in [0.5, 0.6) is 0 Å². The van der Waals surface area contributed by atoms with Gasteiger partial charge in [-0.25, -0.2) is 0 Å². The highest BCUT2D eigenvalue weighted by Crippen LogP contribution is 2.04. The second-order valence-corrected chi connectivity index (χ2v) is 3.77. The van der Waals surface area contributed by atoms with E-state index in [1.807, 2.05) is 0 Å². The first kappa shape index (κ1) is 11.8. The zero-order chi connectivity index (χ0) is 11.1. The van der Waals surface area contributed by atoms with Crippen molar-refractivity contribution in [2.24, 2.45) is 4.99 Å². The van der Waals surface area contributed by atoms with Crippen molar-refractivity contribution in [3.05, 3.63) is 35.9 Å². The van der Waals surface area contributed by atoms with Gasteiger partial charge in [-0.2, -0.15) is 0 Å². The molecule has 0 heterocycles. The van der Waals surface area contributed by atoms with Gasteiger partial charge < -0.3 is 4.90 Å². The van der Waals surface area contributed by atoms with Crippen LogP contribution in [0.1, 0.15) is 18.9 Å². The molecule has 15 heavy (non-hydrogen) atoms. The summed E-state index contributed by atoms with van der Waals surface area (Å²) in [6, 6.07) is 10.6. The van der Waals surface area contributed by atoms with Crippen molar-refractivity contribution in [2.75, 3.05) is 20.6 Å². The van der Waals surface area contributed by atoms with Crippen molar-refractivity contribution in [3.8, 4) is 0 Å². The monoisotopic (exact) mass is 204 g/mol. The Bertz CT molecular complexity index is 302. The highest BCUT2D eigenvalue weighted by Gasteiger charge is 2.01. The van der Waals surface area contributed by atoms with Crippen molar-refractivity contribution in [1.82, 2.24) is 4.90 Å². The van der Waals surface area contributed by atoms with Crippen LogP contribution >= 0.6 is 0 Å². The minimum Gasteiger partial charge on any atom is -0.366 e. The van der Waals surface area contributed by atoms with Crippen molar-refractivity contribution in [3.63, 3.8) is 0 Å². The highest BCUT2D eigenvalue weighted by atomic mass is 15.1. The van der Waals surface area contributed by atoms with Gasteiger partial charge in [0, 0.05) is 27.1 Å². The van der Waals surface area contributed by atoms with Gasteiger partial charge in [0.25, 0.3) is 0 Å². The van der Waals surface area contributed by atoms with E-state index in [0.717, 1.165) is 19.4 Å². The highest BCUT2D eigenvalue weighted by molar-refractivity contribution is 5.82. The molecule has 1 aromatic rings. The first-order valence-electron chi connectivity index (χ1n) is 5.48. The van der Waals surface area contributed by atoms with Crippen molar-refractivity contribution >= 4 is 5.84 Å². The Morgan fingerprint density at radius 3 is 2.40 bits per heavy atom. The van der Waals surface area contributed by atoms with Crippen LogP contribution in [0.15, 0.2) is 35.3 Å². The molecule has 0 aromatic heterocycles. The molecule has 2 heteroatoms. The number of rotatable bonds is 4. The summed E-state index contributed by atoms with van der Waals surface area (Å²) in [5.41, 5.74) is 1.38. The van der Waals surface area contributed by atoms with Crippen LogP contribution < -0.4 is 0 Å². The maximum Gasteiger partial charge on any atom is 0.0986 e. The van der Waals surface area contributed by atoms with E-state index in [-0.39, 0.29) is 0 Å². The maximum absolute atomic E-state index is 4.48. The van der Waals surface area contributed by atoms with Gasteiger partial charge in [-0.1, -0.05) is 30.3 Å². The third-order valence-electron chi connectivity index (χ3n) is 2.34. The molecule has 82 valence electrons. The molecule has 0 radical (unpaired) electrons. The van der Waals surface area contributed by atoms with Crippen LogP contribution in [0, 0.1) is 0 Å². The minimum absolute atomic E-state index is 0.863. The van der Waals surface area contributed by atoms with Crippen LogP contribution in [-0.4, -0.2) is 31.4 Å². The van der Waals surface area contributed by atoms with E-state index in [2.05, 4.69) is 61.2 Å². The summed E-state index contributed by atoms with van der Waals surface area (Å²) in [6.07, 6.45) is 2.09. The summed E-state index contributed by atoms with van der Waals surface area (Å²) in [4.78, 5) is 6.58. The molecular formula is C13H20N2. The van der Waals surface area contributed by atoms with E-state index in [4.69, 9.17) is 0 Å². The smallest absolute Gasteiger partial charge is 0.0986 e. The number of amidine groups is 1. The molecule has 0 saturated carbocycles. The second-order valence-electron chi connectivity index (χ2n) is 3.77. The average Bonchev–Trinajstić information content (AvgIpc) is 2.25. The SMILES string of the molecule is CCN=C(CCc1ccccc1)N(C)C.